The number of hydrogen-bond donors (Lipinski definition) is 2. The van der Waals surface area contributed by atoms with E-state index in [1.54, 1.807) is 13.8 Å². The van der Waals surface area contributed by atoms with Crippen molar-refractivity contribution in [1.82, 2.24) is 0 Å². The fourth-order valence-electron chi connectivity index (χ4n) is 1.49. The van der Waals surface area contributed by atoms with Crippen molar-refractivity contribution in [2.24, 2.45) is 0 Å². The van der Waals surface area contributed by atoms with Crippen LogP contribution in [-0.2, 0) is 12.8 Å². The van der Waals surface area contributed by atoms with E-state index in [4.69, 9.17) is 14.6 Å². The zero-order valence-electron chi connectivity index (χ0n) is 9.35. The molecule has 1 rings (SSSR count). The first-order chi connectivity index (χ1) is 7.99. The third kappa shape index (κ3) is 2.90. The molecule has 0 aromatic carbocycles. The second-order valence-corrected chi connectivity index (χ2v) is 3.08. The molecular formula is C10H12O7. The largest absolute Gasteiger partial charge is 0.513 e. The van der Waals surface area contributed by atoms with E-state index < -0.39 is 12.3 Å². The molecular weight excluding hydrogens is 232 g/mol. The summed E-state index contributed by atoms with van der Waals surface area (Å²) in [6, 6.07) is 0. The van der Waals surface area contributed by atoms with Gasteiger partial charge in [-0.1, -0.05) is 13.8 Å². The molecule has 0 bridgehead atoms. The Balaban J connectivity index is 3.17. The highest BCUT2D eigenvalue weighted by Crippen LogP contribution is 2.36. The summed E-state index contributed by atoms with van der Waals surface area (Å²) in [7, 11) is 0. The molecule has 0 saturated carbocycles. The number of hydrogen-bond acceptors (Lipinski definition) is 5. The minimum Gasteiger partial charge on any atom is -0.449 e. The third-order valence-corrected chi connectivity index (χ3v) is 2.11. The van der Waals surface area contributed by atoms with E-state index in [2.05, 4.69) is 9.47 Å². The van der Waals surface area contributed by atoms with Gasteiger partial charge in [-0.2, -0.15) is 0 Å². The van der Waals surface area contributed by atoms with E-state index in [1.807, 2.05) is 0 Å². The molecule has 2 N–H and O–H groups in total. The lowest BCUT2D eigenvalue weighted by Crippen LogP contribution is -2.04. The quantitative estimate of drug-likeness (QED) is 0.783. The number of carbonyl (C=O) groups is 2. The summed E-state index contributed by atoms with van der Waals surface area (Å²) in [5.41, 5.74) is 0.984. The maximum Gasteiger partial charge on any atom is 0.513 e. The van der Waals surface area contributed by atoms with Crippen molar-refractivity contribution in [2.45, 2.75) is 26.7 Å². The number of ether oxygens (including phenoxy) is 2. The predicted octanol–water partition coefficient (Wildman–Crippen LogP) is 2.52. The number of carboxylic acid groups (broad SMARTS) is 2. The van der Waals surface area contributed by atoms with Gasteiger partial charge in [-0.05, 0) is 12.8 Å². The smallest absolute Gasteiger partial charge is 0.449 e. The molecule has 94 valence electrons. The molecule has 0 aliphatic heterocycles. The van der Waals surface area contributed by atoms with Crippen LogP contribution in [0.5, 0.6) is 11.9 Å². The van der Waals surface area contributed by atoms with Crippen LogP contribution in [0.3, 0.4) is 0 Å². The molecule has 1 aromatic heterocycles. The Hall–Kier alpha value is -2.18. The summed E-state index contributed by atoms with van der Waals surface area (Å²) in [4.78, 5) is 20.9. The van der Waals surface area contributed by atoms with Gasteiger partial charge in [-0.25, -0.2) is 9.59 Å². The van der Waals surface area contributed by atoms with Crippen molar-refractivity contribution in [3.05, 3.63) is 11.1 Å². The van der Waals surface area contributed by atoms with Crippen LogP contribution in [0, 0.1) is 0 Å². The minimum atomic E-state index is -1.53. The number of furan rings is 1. The van der Waals surface area contributed by atoms with Crippen molar-refractivity contribution in [3.63, 3.8) is 0 Å². The van der Waals surface area contributed by atoms with Gasteiger partial charge in [0.25, 0.3) is 0 Å². The first-order valence-electron chi connectivity index (χ1n) is 4.95. The maximum atomic E-state index is 10.4. The summed E-state index contributed by atoms with van der Waals surface area (Å²) in [5.74, 6) is -0.485. The van der Waals surface area contributed by atoms with E-state index in [0.717, 1.165) is 0 Å². The molecule has 1 heterocycles. The third-order valence-electron chi connectivity index (χ3n) is 2.11. The topological polar surface area (TPSA) is 106 Å². The SMILES string of the molecule is CCc1c(OC(=O)O)oc(OC(=O)O)c1CC. The first-order valence-corrected chi connectivity index (χ1v) is 4.95. The zero-order chi connectivity index (χ0) is 13.0. The van der Waals surface area contributed by atoms with Crippen molar-refractivity contribution >= 4 is 12.3 Å². The Kier molecular flexibility index (Phi) is 3.97. The normalized spacial score (nSPS) is 10.0. The molecule has 17 heavy (non-hydrogen) atoms. The minimum absolute atomic E-state index is 0.242. The molecule has 0 aliphatic carbocycles. The molecule has 7 heteroatoms. The van der Waals surface area contributed by atoms with Gasteiger partial charge in [0.15, 0.2) is 0 Å². The van der Waals surface area contributed by atoms with E-state index in [0.29, 0.717) is 24.0 Å². The van der Waals surface area contributed by atoms with E-state index in [1.165, 1.54) is 0 Å². The molecule has 0 unspecified atom stereocenters. The van der Waals surface area contributed by atoms with E-state index in [9.17, 15) is 9.59 Å². The average molecular weight is 244 g/mol. The zero-order valence-corrected chi connectivity index (χ0v) is 9.35. The number of rotatable bonds is 4. The lowest BCUT2D eigenvalue weighted by atomic mass is 10.1. The van der Waals surface area contributed by atoms with Gasteiger partial charge in [-0.3, -0.25) is 0 Å². The standard InChI is InChI=1S/C10H12O7/c1-3-5-6(4-2)8(17-10(13)14)15-7(5)16-9(11)12/h3-4H2,1-2H3,(H,11,12)(H,13,14). The Labute approximate surface area is 96.6 Å². The molecule has 0 spiro atoms. The molecule has 7 nitrogen and oxygen atoms in total. The molecule has 0 atom stereocenters. The van der Waals surface area contributed by atoms with Crippen LogP contribution in [0.2, 0.25) is 0 Å². The maximum absolute atomic E-state index is 10.4. The van der Waals surface area contributed by atoms with Crippen LogP contribution in [0.1, 0.15) is 25.0 Å². The van der Waals surface area contributed by atoms with Gasteiger partial charge >= 0.3 is 24.2 Å². The summed E-state index contributed by atoms with van der Waals surface area (Å²) >= 11 is 0. The van der Waals surface area contributed by atoms with Crippen LogP contribution in [0.4, 0.5) is 9.59 Å². The average Bonchev–Trinajstić information content (AvgIpc) is 2.52. The summed E-state index contributed by atoms with van der Waals surface area (Å²) in [6.07, 6.45) is -2.17. The summed E-state index contributed by atoms with van der Waals surface area (Å²) < 4.78 is 13.8. The van der Waals surface area contributed by atoms with Crippen molar-refractivity contribution < 1.29 is 33.7 Å². The molecule has 0 saturated heterocycles. The second-order valence-electron chi connectivity index (χ2n) is 3.08. The van der Waals surface area contributed by atoms with E-state index >= 15 is 0 Å². The van der Waals surface area contributed by atoms with E-state index in [-0.39, 0.29) is 11.9 Å². The Morgan fingerprint density at radius 3 is 1.59 bits per heavy atom. The van der Waals surface area contributed by atoms with Gasteiger partial charge in [0.2, 0.25) is 0 Å². The van der Waals surface area contributed by atoms with Crippen LogP contribution in [0.15, 0.2) is 4.42 Å². The van der Waals surface area contributed by atoms with Crippen molar-refractivity contribution in [2.75, 3.05) is 0 Å². The van der Waals surface area contributed by atoms with Crippen LogP contribution in [0.25, 0.3) is 0 Å². The Bertz CT molecular complexity index is 394. The highest BCUT2D eigenvalue weighted by atomic mass is 16.7. The van der Waals surface area contributed by atoms with Crippen molar-refractivity contribution in [3.8, 4) is 11.9 Å². The highest BCUT2D eigenvalue weighted by molar-refractivity contribution is 5.63. The summed E-state index contributed by atoms with van der Waals surface area (Å²) in [6.45, 7) is 3.53. The molecule has 0 aliphatic rings. The van der Waals surface area contributed by atoms with Crippen LogP contribution >= 0.6 is 0 Å². The van der Waals surface area contributed by atoms with Gasteiger partial charge in [-0.15, -0.1) is 0 Å². The first kappa shape index (κ1) is 12.9. The highest BCUT2D eigenvalue weighted by Gasteiger charge is 2.23. The summed E-state index contributed by atoms with van der Waals surface area (Å²) in [5, 5.41) is 17.0. The molecule has 0 amide bonds. The van der Waals surface area contributed by atoms with Gasteiger partial charge in [0.05, 0.1) is 0 Å². The molecule has 0 radical (unpaired) electrons. The van der Waals surface area contributed by atoms with Gasteiger partial charge in [0.1, 0.15) is 0 Å². The Morgan fingerprint density at radius 2 is 1.35 bits per heavy atom. The lowest BCUT2D eigenvalue weighted by molar-refractivity contribution is 0.119. The van der Waals surface area contributed by atoms with Crippen LogP contribution < -0.4 is 9.47 Å². The van der Waals surface area contributed by atoms with Crippen molar-refractivity contribution in [1.29, 1.82) is 0 Å². The van der Waals surface area contributed by atoms with Gasteiger partial charge in [0, 0.05) is 11.1 Å². The van der Waals surface area contributed by atoms with Gasteiger partial charge < -0.3 is 24.1 Å². The monoisotopic (exact) mass is 244 g/mol. The second kappa shape index (κ2) is 5.24. The van der Waals surface area contributed by atoms with Crippen LogP contribution in [-0.4, -0.2) is 22.5 Å². The lowest BCUT2D eigenvalue weighted by Gasteiger charge is -1.99. The molecule has 1 aromatic rings. The Morgan fingerprint density at radius 1 is 1.00 bits per heavy atom. The fraction of sp³-hybridized carbons (Fsp3) is 0.400. The predicted molar refractivity (Wildman–Crippen MR) is 54.8 cm³/mol. The fourth-order valence-corrected chi connectivity index (χ4v) is 1.49. The molecule has 0 fully saturated rings.